The molecule has 0 saturated carbocycles. The van der Waals surface area contributed by atoms with E-state index in [0.29, 0.717) is 0 Å². The zero-order chi connectivity index (χ0) is 11.4. The number of aryl methyl sites for hydroxylation is 3. The van der Waals surface area contributed by atoms with E-state index in [4.69, 9.17) is 5.73 Å². The van der Waals surface area contributed by atoms with E-state index >= 15 is 0 Å². The highest BCUT2D eigenvalue weighted by Gasteiger charge is 2.06. The molecule has 0 spiro atoms. The van der Waals surface area contributed by atoms with Crippen LogP contribution in [0.2, 0.25) is 0 Å². The summed E-state index contributed by atoms with van der Waals surface area (Å²) >= 11 is 1.62. The summed E-state index contributed by atoms with van der Waals surface area (Å²) in [6.07, 6.45) is 2.92. The molecule has 0 amide bonds. The Morgan fingerprint density at radius 2 is 1.94 bits per heavy atom. The van der Waals surface area contributed by atoms with E-state index in [-0.39, 0.29) is 0 Å². The zero-order valence-electron chi connectivity index (χ0n) is 9.44. The van der Waals surface area contributed by atoms with Crippen molar-refractivity contribution >= 4 is 16.3 Å². The van der Waals surface area contributed by atoms with Crippen LogP contribution in [0.3, 0.4) is 0 Å². The average Bonchev–Trinajstić information content (AvgIpc) is 2.69. The Balaban J connectivity index is 2.02. The Hall–Kier alpha value is -1.35. The van der Waals surface area contributed by atoms with Gasteiger partial charge in [0.2, 0.25) is 0 Å². The molecule has 2 aromatic rings. The van der Waals surface area contributed by atoms with Gasteiger partial charge in [0, 0.05) is 0 Å². The Labute approximate surface area is 100 Å². The van der Waals surface area contributed by atoms with Crippen LogP contribution >= 0.6 is 11.3 Å². The molecule has 3 heteroatoms. The number of anilines is 1. The molecule has 1 heterocycles. The topological polar surface area (TPSA) is 38.9 Å². The van der Waals surface area contributed by atoms with E-state index in [1.54, 1.807) is 11.3 Å². The second kappa shape index (κ2) is 5.12. The van der Waals surface area contributed by atoms with Crippen molar-refractivity contribution in [1.29, 1.82) is 0 Å². The first-order valence-corrected chi connectivity index (χ1v) is 6.39. The van der Waals surface area contributed by atoms with Crippen LogP contribution < -0.4 is 5.73 Å². The third-order valence-corrected chi connectivity index (χ3v) is 3.64. The lowest BCUT2D eigenvalue weighted by atomic mass is 10.1. The highest BCUT2D eigenvalue weighted by atomic mass is 32.1. The molecule has 0 aliphatic rings. The van der Waals surface area contributed by atoms with Crippen LogP contribution in [-0.4, -0.2) is 4.98 Å². The van der Waals surface area contributed by atoms with Crippen molar-refractivity contribution in [3.8, 4) is 0 Å². The number of nitrogen functional groups attached to an aromatic ring is 1. The number of rotatable bonds is 4. The number of nitrogens with zero attached hydrogens (tertiary/aromatic N) is 1. The third kappa shape index (κ3) is 2.61. The van der Waals surface area contributed by atoms with E-state index < -0.39 is 0 Å². The summed E-state index contributed by atoms with van der Waals surface area (Å²) < 4.78 is 0. The summed E-state index contributed by atoms with van der Waals surface area (Å²) in [5, 5.41) is 2.02. The molecule has 0 aliphatic heterocycles. The van der Waals surface area contributed by atoms with Gasteiger partial charge in [-0.2, -0.15) is 0 Å². The van der Waals surface area contributed by atoms with Crippen molar-refractivity contribution < 1.29 is 0 Å². The van der Waals surface area contributed by atoms with Gasteiger partial charge in [0.25, 0.3) is 0 Å². The standard InChI is InChI=1S/C13H16N2S/c1-2-12-15-11(13(14)16-12)9-8-10-6-4-3-5-7-10/h3-7H,2,8-9,14H2,1H3. The molecule has 0 radical (unpaired) electrons. The first-order valence-electron chi connectivity index (χ1n) is 5.57. The summed E-state index contributed by atoms with van der Waals surface area (Å²) in [6.45, 7) is 2.11. The Kier molecular flexibility index (Phi) is 3.57. The van der Waals surface area contributed by atoms with E-state index in [1.807, 2.05) is 6.07 Å². The minimum atomic E-state index is 0.882. The maximum atomic E-state index is 5.94. The number of hydrogen-bond acceptors (Lipinski definition) is 3. The molecule has 16 heavy (non-hydrogen) atoms. The van der Waals surface area contributed by atoms with Crippen LogP contribution in [0.4, 0.5) is 5.00 Å². The van der Waals surface area contributed by atoms with Gasteiger partial charge < -0.3 is 5.73 Å². The molecule has 0 bridgehead atoms. The molecule has 2 nitrogen and oxygen atoms in total. The average molecular weight is 232 g/mol. The number of thiazole rings is 1. The second-order valence-electron chi connectivity index (χ2n) is 3.76. The van der Waals surface area contributed by atoms with E-state index in [9.17, 15) is 0 Å². The maximum Gasteiger partial charge on any atom is 0.109 e. The van der Waals surface area contributed by atoms with Crippen molar-refractivity contribution in [2.75, 3.05) is 5.73 Å². The lowest BCUT2D eigenvalue weighted by molar-refractivity contribution is 0.912. The van der Waals surface area contributed by atoms with Crippen LogP contribution in [0.15, 0.2) is 30.3 Å². The summed E-state index contributed by atoms with van der Waals surface area (Å²) in [4.78, 5) is 4.54. The lowest BCUT2D eigenvalue weighted by Crippen LogP contribution is -1.95. The first-order chi connectivity index (χ1) is 7.79. The van der Waals surface area contributed by atoms with Gasteiger partial charge in [0.1, 0.15) is 5.00 Å². The van der Waals surface area contributed by atoms with Gasteiger partial charge >= 0.3 is 0 Å². The highest BCUT2D eigenvalue weighted by molar-refractivity contribution is 7.15. The largest absolute Gasteiger partial charge is 0.389 e. The molecule has 84 valence electrons. The van der Waals surface area contributed by atoms with Crippen LogP contribution in [0, 0.1) is 0 Å². The molecule has 0 aliphatic carbocycles. The molecule has 0 atom stereocenters. The SMILES string of the molecule is CCc1nc(CCc2ccccc2)c(N)s1. The van der Waals surface area contributed by atoms with Crippen LogP contribution in [-0.2, 0) is 19.3 Å². The Morgan fingerprint density at radius 1 is 1.19 bits per heavy atom. The van der Waals surface area contributed by atoms with Gasteiger partial charge in [0.15, 0.2) is 0 Å². The first kappa shape index (κ1) is 11.1. The van der Waals surface area contributed by atoms with Crippen molar-refractivity contribution in [3.05, 3.63) is 46.6 Å². The van der Waals surface area contributed by atoms with Crippen molar-refractivity contribution in [1.82, 2.24) is 4.98 Å². The number of benzene rings is 1. The minimum absolute atomic E-state index is 0.882. The molecule has 0 unspecified atom stereocenters. The molecular weight excluding hydrogens is 216 g/mol. The summed E-state index contributed by atoms with van der Waals surface area (Å²) in [7, 11) is 0. The van der Waals surface area contributed by atoms with Gasteiger partial charge in [-0.15, -0.1) is 11.3 Å². The van der Waals surface area contributed by atoms with Crippen molar-refractivity contribution in [3.63, 3.8) is 0 Å². The van der Waals surface area contributed by atoms with Crippen molar-refractivity contribution in [2.45, 2.75) is 26.2 Å². The molecule has 0 fully saturated rings. The molecular formula is C13H16N2S. The summed E-state index contributed by atoms with van der Waals surface area (Å²) in [5.74, 6) is 0. The zero-order valence-corrected chi connectivity index (χ0v) is 10.3. The maximum absolute atomic E-state index is 5.94. The van der Waals surface area contributed by atoms with Gasteiger partial charge in [-0.1, -0.05) is 37.3 Å². The van der Waals surface area contributed by atoms with Gasteiger partial charge in [-0.05, 0) is 24.8 Å². The molecule has 0 saturated heterocycles. The van der Waals surface area contributed by atoms with Gasteiger partial charge in [0.05, 0.1) is 10.7 Å². The van der Waals surface area contributed by atoms with E-state index in [1.165, 1.54) is 5.56 Å². The van der Waals surface area contributed by atoms with E-state index in [0.717, 1.165) is 35.0 Å². The summed E-state index contributed by atoms with van der Waals surface area (Å²) in [6, 6.07) is 10.5. The summed E-state index contributed by atoms with van der Waals surface area (Å²) in [5.41, 5.74) is 8.34. The smallest absolute Gasteiger partial charge is 0.109 e. The normalized spacial score (nSPS) is 10.6. The number of hydrogen-bond donors (Lipinski definition) is 1. The van der Waals surface area contributed by atoms with E-state index in [2.05, 4.69) is 36.2 Å². The Bertz CT molecular complexity index is 448. The van der Waals surface area contributed by atoms with Crippen LogP contribution in [0.5, 0.6) is 0 Å². The third-order valence-electron chi connectivity index (χ3n) is 2.57. The van der Waals surface area contributed by atoms with Crippen LogP contribution in [0.1, 0.15) is 23.2 Å². The lowest BCUT2D eigenvalue weighted by Gasteiger charge is -1.99. The molecule has 1 aromatic heterocycles. The minimum Gasteiger partial charge on any atom is -0.389 e. The van der Waals surface area contributed by atoms with Gasteiger partial charge in [-0.25, -0.2) is 4.98 Å². The predicted octanol–water partition coefficient (Wildman–Crippen LogP) is 3.07. The fourth-order valence-electron chi connectivity index (χ4n) is 1.65. The second-order valence-corrected chi connectivity index (χ2v) is 4.87. The highest BCUT2D eigenvalue weighted by Crippen LogP contribution is 2.22. The predicted molar refractivity (Wildman–Crippen MR) is 69.8 cm³/mol. The monoisotopic (exact) mass is 232 g/mol. The molecule has 1 aromatic carbocycles. The fourth-order valence-corrected chi connectivity index (χ4v) is 2.47. The fraction of sp³-hybridized carbons (Fsp3) is 0.308. The van der Waals surface area contributed by atoms with Gasteiger partial charge in [-0.3, -0.25) is 0 Å². The number of aromatic nitrogens is 1. The number of nitrogens with two attached hydrogens (primary N) is 1. The Morgan fingerprint density at radius 3 is 2.56 bits per heavy atom. The van der Waals surface area contributed by atoms with Crippen molar-refractivity contribution in [2.24, 2.45) is 0 Å². The van der Waals surface area contributed by atoms with Crippen LogP contribution in [0.25, 0.3) is 0 Å². The molecule has 2 rings (SSSR count). The quantitative estimate of drug-likeness (QED) is 0.880. The molecule has 2 N–H and O–H groups in total.